The molecule has 0 spiro atoms. The molecule has 74 valence electrons. The topological polar surface area (TPSA) is 54.5 Å². The largest absolute Gasteiger partial charge is 0.249 e. The summed E-state index contributed by atoms with van der Waals surface area (Å²) in [5, 5.41) is 12.8. The van der Waals surface area contributed by atoms with Gasteiger partial charge in [0.2, 0.25) is 0 Å². The van der Waals surface area contributed by atoms with Crippen LogP contribution in [0.1, 0.15) is 11.1 Å². The highest BCUT2D eigenvalue weighted by Crippen LogP contribution is 2.15. The molecule has 0 aliphatic heterocycles. The first-order chi connectivity index (χ1) is 7.28. The van der Waals surface area contributed by atoms with Gasteiger partial charge >= 0.3 is 0 Å². The van der Waals surface area contributed by atoms with E-state index < -0.39 is 0 Å². The smallest absolute Gasteiger partial charge is 0.137 e. The zero-order valence-corrected chi connectivity index (χ0v) is 9.35. The van der Waals surface area contributed by atoms with Gasteiger partial charge in [0.25, 0.3) is 0 Å². The molecule has 2 rings (SSSR count). The van der Waals surface area contributed by atoms with Crippen LogP contribution in [0.3, 0.4) is 0 Å². The number of aromatic nitrogens is 3. The van der Waals surface area contributed by atoms with E-state index in [1.54, 1.807) is 17.1 Å². The molecule has 2 aromatic rings. The van der Waals surface area contributed by atoms with Crippen LogP contribution in [0.2, 0.25) is 0 Å². The molecule has 0 N–H and O–H groups in total. The van der Waals surface area contributed by atoms with Crippen molar-refractivity contribution in [2.75, 3.05) is 0 Å². The SMILES string of the molecule is N#Cc1cc(Br)cc(Cn2cncn2)c1. The summed E-state index contributed by atoms with van der Waals surface area (Å²) < 4.78 is 2.61. The lowest BCUT2D eigenvalue weighted by Gasteiger charge is -2.02. The average molecular weight is 263 g/mol. The molecule has 4 nitrogen and oxygen atoms in total. The highest BCUT2D eigenvalue weighted by atomic mass is 79.9. The summed E-state index contributed by atoms with van der Waals surface area (Å²) in [5.41, 5.74) is 1.66. The number of nitriles is 1. The molecule has 0 fully saturated rings. The molecule has 5 heteroatoms. The number of halogens is 1. The second-order valence-electron chi connectivity index (χ2n) is 3.05. The lowest BCUT2D eigenvalue weighted by Crippen LogP contribution is -2.00. The highest BCUT2D eigenvalue weighted by Gasteiger charge is 2.00. The lowest BCUT2D eigenvalue weighted by molar-refractivity contribution is 0.684. The van der Waals surface area contributed by atoms with Crippen molar-refractivity contribution in [3.63, 3.8) is 0 Å². The lowest BCUT2D eigenvalue weighted by atomic mass is 10.1. The van der Waals surface area contributed by atoms with Crippen LogP contribution in [0.4, 0.5) is 0 Å². The summed E-state index contributed by atoms with van der Waals surface area (Å²) in [6, 6.07) is 7.70. The normalized spacial score (nSPS) is 9.87. The van der Waals surface area contributed by atoms with Crippen LogP contribution in [0.15, 0.2) is 35.3 Å². The van der Waals surface area contributed by atoms with E-state index in [9.17, 15) is 0 Å². The van der Waals surface area contributed by atoms with E-state index in [2.05, 4.69) is 32.1 Å². The fourth-order valence-corrected chi connectivity index (χ4v) is 1.85. The standard InChI is InChI=1S/C10H7BrN4/c11-10-2-8(4-12)1-9(3-10)5-15-7-13-6-14-15/h1-3,6-7H,5H2. The maximum atomic E-state index is 8.81. The summed E-state index contributed by atoms with van der Waals surface area (Å²) >= 11 is 3.36. The predicted molar refractivity (Wildman–Crippen MR) is 58.0 cm³/mol. The fraction of sp³-hybridized carbons (Fsp3) is 0.100. The maximum Gasteiger partial charge on any atom is 0.137 e. The first-order valence-electron chi connectivity index (χ1n) is 4.30. The zero-order chi connectivity index (χ0) is 10.7. The Balaban J connectivity index is 2.29. The summed E-state index contributed by atoms with van der Waals surface area (Å²) in [4.78, 5) is 3.86. The molecule has 1 aromatic carbocycles. The number of benzene rings is 1. The molecule has 0 unspecified atom stereocenters. The first-order valence-corrected chi connectivity index (χ1v) is 5.09. The van der Waals surface area contributed by atoms with Gasteiger partial charge in [-0.05, 0) is 23.8 Å². The highest BCUT2D eigenvalue weighted by molar-refractivity contribution is 9.10. The number of nitrogens with zero attached hydrogens (tertiary/aromatic N) is 4. The Morgan fingerprint density at radius 3 is 2.93 bits per heavy atom. The van der Waals surface area contributed by atoms with Crippen molar-refractivity contribution in [2.24, 2.45) is 0 Å². The van der Waals surface area contributed by atoms with Gasteiger partial charge in [-0.3, -0.25) is 0 Å². The summed E-state index contributed by atoms with van der Waals surface area (Å²) in [7, 11) is 0. The second-order valence-corrected chi connectivity index (χ2v) is 3.97. The van der Waals surface area contributed by atoms with Gasteiger partial charge in [0.05, 0.1) is 18.2 Å². The molecule has 0 aliphatic carbocycles. The van der Waals surface area contributed by atoms with Gasteiger partial charge < -0.3 is 0 Å². The molecule has 1 aromatic heterocycles. The molecule has 0 saturated carbocycles. The van der Waals surface area contributed by atoms with Crippen LogP contribution in [0.25, 0.3) is 0 Å². The van der Waals surface area contributed by atoms with Gasteiger partial charge in [-0.2, -0.15) is 10.4 Å². The van der Waals surface area contributed by atoms with Gasteiger partial charge in [0.15, 0.2) is 0 Å². The van der Waals surface area contributed by atoms with E-state index in [0.29, 0.717) is 12.1 Å². The van der Waals surface area contributed by atoms with Crippen LogP contribution in [-0.4, -0.2) is 14.8 Å². The minimum Gasteiger partial charge on any atom is -0.249 e. The Bertz CT molecular complexity index is 499. The van der Waals surface area contributed by atoms with E-state index in [1.807, 2.05) is 12.1 Å². The van der Waals surface area contributed by atoms with E-state index in [-0.39, 0.29) is 0 Å². The van der Waals surface area contributed by atoms with E-state index >= 15 is 0 Å². The van der Waals surface area contributed by atoms with E-state index in [4.69, 9.17) is 5.26 Å². The van der Waals surface area contributed by atoms with Gasteiger partial charge in [-0.25, -0.2) is 9.67 Å². The third-order valence-corrected chi connectivity index (χ3v) is 2.36. The summed E-state index contributed by atoms with van der Waals surface area (Å²) in [6.07, 6.45) is 3.14. The molecular formula is C10H7BrN4. The van der Waals surface area contributed by atoms with Gasteiger partial charge in [0, 0.05) is 4.47 Å². The maximum absolute atomic E-state index is 8.81. The fourth-order valence-electron chi connectivity index (χ4n) is 1.31. The Morgan fingerprint density at radius 2 is 2.27 bits per heavy atom. The van der Waals surface area contributed by atoms with Crippen molar-refractivity contribution in [3.8, 4) is 6.07 Å². The van der Waals surface area contributed by atoms with Crippen molar-refractivity contribution < 1.29 is 0 Å². The molecule has 15 heavy (non-hydrogen) atoms. The van der Waals surface area contributed by atoms with Crippen molar-refractivity contribution >= 4 is 15.9 Å². The third-order valence-electron chi connectivity index (χ3n) is 1.90. The molecule has 0 radical (unpaired) electrons. The number of rotatable bonds is 2. The van der Waals surface area contributed by atoms with Gasteiger partial charge in [0.1, 0.15) is 12.7 Å². The first kappa shape index (κ1) is 9.87. The molecule has 0 saturated heterocycles. The molecule has 1 heterocycles. The zero-order valence-electron chi connectivity index (χ0n) is 7.76. The summed E-state index contributed by atoms with van der Waals surface area (Å²) in [5.74, 6) is 0. The Labute approximate surface area is 95.3 Å². The number of hydrogen-bond acceptors (Lipinski definition) is 3. The molecule has 0 amide bonds. The molecule has 0 aliphatic rings. The monoisotopic (exact) mass is 262 g/mol. The summed E-state index contributed by atoms with van der Waals surface area (Å²) in [6.45, 7) is 0.619. The average Bonchev–Trinajstić information content (AvgIpc) is 2.69. The van der Waals surface area contributed by atoms with E-state index in [0.717, 1.165) is 10.0 Å². The molecular weight excluding hydrogens is 256 g/mol. The van der Waals surface area contributed by atoms with E-state index in [1.165, 1.54) is 6.33 Å². The Kier molecular flexibility index (Phi) is 2.79. The third kappa shape index (κ3) is 2.42. The van der Waals surface area contributed by atoms with Crippen molar-refractivity contribution in [1.29, 1.82) is 5.26 Å². The van der Waals surface area contributed by atoms with Crippen LogP contribution in [0, 0.1) is 11.3 Å². The van der Waals surface area contributed by atoms with Crippen LogP contribution < -0.4 is 0 Å². The molecule has 0 bridgehead atoms. The minimum absolute atomic E-state index is 0.619. The van der Waals surface area contributed by atoms with Crippen molar-refractivity contribution in [1.82, 2.24) is 14.8 Å². The predicted octanol–water partition coefficient (Wildman–Crippen LogP) is 1.96. The molecule has 0 atom stereocenters. The Hall–Kier alpha value is -1.67. The van der Waals surface area contributed by atoms with Gasteiger partial charge in [-0.15, -0.1) is 0 Å². The number of hydrogen-bond donors (Lipinski definition) is 0. The van der Waals surface area contributed by atoms with Gasteiger partial charge in [-0.1, -0.05) is 15.9 Å². The minimum atomic E-state index is 0.619. The van der Waals surface area contributed by atoms with Crippen LogP contribution >= 0.6 is 15.9 Å². The van der Waals surface area contributed by atoms with Crippen molar-refractivity contribution in [3.05, 3.63) is 46.5 Å². The Morgan fingerprint density at radius 1 is 1.40 bits per heavy atom. The second kappa shape index (κ2) is 4.24. The van der Waals surface area contributed by atoms with Crippen molar-refractivity contribution in [2.45, 2.75) is 6.54 Å². The van der Waals surface area contributed by atoms with Crippen LogP contribution in [-0.2, 0) is 6.54 Å². The quantitative estimate of drug-likeness (QED) is 0.832. The van der Waals surface area contributed by atoms with Crippen LogP contribution in [0.5, 0.6) is 0 Å².